The molecular weight excluding hydrogens is 889 g/mol. The fraction of sp³-hybridized carbons (Fsp3) is 0.864. The van der Waals surface area contributed by atoms with Crippen LogP contribution in [0.2, 0.25) is 0 Å². The van der Waals surface area contributed by atoms with Gasteiger partial charge in [-0.25, -0.2) is 0 Å². The minimum atomic E-state index is -0.769. The van der Waals surface area contributed by atoms with Crippen molar-refractivity contribution in [2.75, 3.05) is 13.2 Å². The maximum atomic E-state index is 12.9. The Morgan fingerprint density at radius 3 is 0.778 bits per heavy atom. The smallest absolute Gasteiger partial charge is 0.306 e. The summed E-state index contributed by atoms with van der Waals surface area (Å²) >= 11 is 0. The van der Waals surface area contributed by atoms with E-state index in [1.165, 1.54) is 238 Å². The highest BCUT2D eigenvalue weighted by molar-refractivity contribution is 5.71. The van der Waals surface area contributed by atoms with Gasteiger partial charge >= 0.3 is 17.9 Å². The summed E-state index contributed by atoms with van der Waals surface area (Å²) in [5.41, 5.74) is 0. The number of hydrogen-bond donors (Lipinski definition) is 0. The van der Waals surface area contributed by atoms with E-state index in [-0.39, 0.29) is 31.1 Å². The predicted molar refractivity (Wildman–Crippen MR) is 312 cm³/mol. The molecule has 0 amide bonds. The van der Waals surface area contributed by atoms with E-state index < -0.39 is 6.10 Å². The van der Waals surface area contributed by atoms with Crippen LogP contribution in [0.5, 0.6) is 0 Å². The van der Waals surface area contributed by atoms with Crippen LogP contribution in [0.25, 0.3) is 0 Å². The second kappa shape index (κ2) is 61.2. The van der Waals surface area contributed by atoms with Crippen LogP contribution in [0, 0.1) is 0 Å². The summed E-state index contributed by atoms with van der Waals surface area (Å²) < 4.78 is 16.9. The number of carbonyl (C=O) groups is 3. The van der Waals surface area contributed by atoms with Crippen LogP contribution >= 0.6 is 0 Å². The molecule has 0 aliphatic carbocycles. The van der Waals surface area contributed by atoms with Crippen molar-refractivity contribution in [2.45, 2.75) is 354 Å². The van der Waals surface area contributed by atoms with Gasteiger partial charge in [-0.15, -0.1) is 0 Å². The molecule has 0 fully saturated rings. The second-order valence-electron chi connectivity index (χ2n) is 21.7. The van der Waals surface area contributed by atoms with Crippen LogP contribution < -0.4 is 0 Å². The second-order valence-corrected chi connectivity index (χ2v) is 21.7. The van der Waals surface area contributed by atoms with Gasteiger partial charge < -0.3 is 14.2 Å². The lowest BCUT2D eigenvalue weighted by Crippen LogP contribution is -2.30. The summed E-state index contributed by atoms with van der Waals surface area (Å²) in [7, 11) is 0. The maximum Gasteiger partial charge on any atom is 0.306 e. The summed E-state index contributed by atoms with van der Waals surface area (Å²) in [6, 6.07) is 0. The summed E-state index contributed by atoms with van der Waals surface area (Å²) in [6.45, 7) is 6.67. The number of esters is 3. The standard InChI is InChI=1S/C66H122O6/c1-4-7-10-13-16-19-22-24-26-28-30-31-32-33-34-35-37-38-40-42-44-47-50-53-56-59-65(68)71-62-63(61-70-64(67)58-55-52-49-46-21-18-15-12-9-6-3)72-66(69)60-57-54-51-48-45-43-41-39-36-29-27-25-23-20-17-14-11-8-5-2/h22,24,28,30,32-33,63H,4-21,23,25-27,29,31,34-62H2,1-3H3/b24-22-,30-28-,33-32-. The van der Waals surface area contributed by atoms with Gasteiger partial charge in [0, 0.05) is 19.3 Å². The van der Waals surface area contributed by atoms with Gasteiger partial charge in [-0.1, -0.05) is 308 Å². The van der Waals surface area contributed by atoms with E-state index in [4.69, 9.17) is 14.2 Å². The SMILES string of the molecule is CCCCCCC/C=C\C/C=C\C/C=C\CCCCCCCCCCCCC(=O)OCC(COC(=O)CCCCCCCCCCCC)OC(=O)CCCCCCCCCCCCCCCCCCCCC. The lowest BCUT2D eigenvalue weighted by Gasteiger charge is -2.18. The van der Waals surface area contributed by atoms with Gasteiger partial charge in [0.25, 0.3) is 0 Å². The Hall–Kier alpha value is -2.37. The molecule has 0 aromatic rings. The molecule has 1 atom stereocenters. The number of unbranched alkanes of at least 4 members (excludes halogenated alkanes) is 42. The third kappa shape index (κ3) is 58.5. The minimum Gasteiger partial charge on any atom is -0.462 e. The largest absolute Gasteiger partial charge is 0.462 e. The molecule has 0 aliphatic rings. The van der Waals surface area contributed by atoms with E-state index in [1.54, 1.807) is 0 Å². The molecular formula is C66H122O6. The predicted octanol–water partition coefficient (Wildman–Crippen LogP) is 21.6. The van der Waals surface area contributed by atoms with Crippen molar-refractivity contribution in [3.63, 3.8) is 0 Å². The minimum absolute atomic E-state index is 0.0680. The number of allylic oxidation sites excluding steroid dienone is 6. The van der Waals surface area contributed by atoms with Crippen molar-refractivity contribution in [3.05, 3.63) is 36.5 Å². The Labute approximate surface area is 448 Å². The van der Waals surface area contributed by atoms with E-state index in [1.807, 2.05) is 0 Å². The molecule has 0 spiro atoms. The van der Waals surface area contributed by atoms with Gasteiger partial charge in [0.2, 0.25) is 0 Å². The molecule has 0 aromatic heterocycles. The first kappa shape index (κ1) is 69.6. The fourth-order valence-electron chi connectivity index (χ4n) is 9.57. The molecule has 422 valence electrons. The van der Waals surface area contributed by atoms with Gasteiger partial charge in [-0.3, -0.25) is 14.4 Å². The zero-order valence-electron chi connectivity index (χ0n) is 48.5. The molecule has 0 aromatic carbocycles. The molecule has 6 nitrogen and oxygen atoms in total. The molecule has 0 N–H and O–H groups in total. The topological polar surface area (TPSA) is 78.9 Å². The van der Waals surface area contributed by atoms with Crippen LogP contribution in [0.3, 0.4) is 0 Å². The first-order valence-corrected chi connectivity index (χ1v) is 32.0. The Balaban J connectivity index is 4.21. The fourth-order valence-corrected chi connectivity index (χ4v) is 9.57. The van der Waals surface area contributed by atoms with Crippen molar-refractivity contribution < 1.29 is 28.6 Å². The number of rotatable bonds is 59. The van der Waals surface area contributed by atoms with E-state index in [0.29, 0.717) is 19.3 Å². The lowest BCUT2D eigenvalue weighted by molar-refractivity contribution is -0.167. The van der Waals surface area contributed by atoms with Crippen molar-refractivity contribution in [1.82, 2.24) is 0 Å². The van der Waals surface area contributed by atoms with Crippen molar-refractivity contribution in [1.29, 1.82) is 0 Å². The molecule has 0 heterocycles. The van der Waals surface area contributed by atoms with Crippen LogP contribution in [-0.4, -0.2) is 37.2 Å². The van der Waals surface area contributed by atoms with Crippen LogP contribution in [0.15, 0.2) is 36.5 Å². The van der Waals surface area contributed by atoms with Crippen LogP contribution in [0.4, 0.5) is 0 Å². The average molecular weight is 1010 g/mol. The zero-order chi connectivity index (χ0) is 52.2. The van der Waals surface area contributed by atoms with E-state index in [0.717, 1.165) is 70.6 Å². The summed E-state index contributed by atoms with van der Waals surface area (Å²) in [5, 5.41) is 0. The van der Waals surface area contributed by atoms with E-state index in [2.05, 4.69) is 57.2 Å². The van der Waals surface area contributed by atoms with E-state index in [9.17, 15) is 14.4 Å². The normalized spacial score (nSPS) is 12.2. The van der Waals surface area contributed by atoms with Gasteiger partial charge in [0.05, 0.1) is 0 Å². The van der Waals surface area contributed by atoms with Gasteiger partial charge in [-0.2, -0.15) is 0 Å². The number of hydrogen-bond acceptors (Lipinski definition) is 6. The Kier molecular flexibility index (Phi) is 59.2. The lowest BCUT2D eigenvalue weighted by atomic mass is 10.0. The van der Waals surface area contributed by atoms with Gasteiger partial charge in [0.15, 0.2) is 6.10 Å². The highest BCUT2D eigenvalue weighted by Gasteiger charge is 2.19. The Morgan fingerprint density at radius 1 is 0.278 bits per heavy atom. The summed E-state index contributed by atoms with van der Waals surface area (Å²) in [4.78, 5) is 38.2. The first-order valence-electron chi connectivity index (χ1n) is 32.0. The molecule has 0 saturated carbocycles. The number of ether oxygens (including phenoxy) is 3. The van der Waals surface area contributed by atoms with Crippen LogP contribution in [0.1, 0.15) is 348 Å². The molecule has 0 aliphatic heterocycles. The van der Waals surface area contributed by atoms with Crippen molar-refractivity contribution in [3.8, 4) is 0 Å². The summed E-state index contributed by atoms with van der Waals surface area (Å²) in [6.07, 6.45) is 74.4. The average Bonchev–Trinajstić information content (AvgIpc) is 3.38. The highest BCUT2D eigenvalue weighted by atomic mass is 16.6. The molecule has 6 heteroatoms. The van der Waals surface area contributed by atoms with E-state index >= 15 is 0 Å². The zero-order valence-corrected chi connectivity index (χ0v) is 48.5. The van der Waals surface area contributed by atoms with Gasteiger partial charge in [0.1, 0.15) is 13.2 Å². The third-order valence-corrected chi connectivity index (χ3v) is 14.4. The Morgan fingerprint density at radius 2 is 0.500 bits per heavy atom. The maximum absolute atomic E-state index is 12.9. The first-order chi connectivity index (χ1) is 35.5. The van der Waals surface area contributed by atoms with Crippen molar-refractivity contribution >= 4 is 17.9 Å². The molecule has 1 unspecified atom stereocenters. The van der Waals surface area contributed by atoms with Crippen molar-refractivity contribution in [2.24, 2.45) is 0 Å². The molecule has 72 heavy (non-hydrogen) atoms. The summed E-state index contributed by atoms with van der Waals surface area (Å²) in [5.74, 6) is -0.850. The quantitative estimate of drug-likeness (QED) is 0.0261. The Bertz CT molecular complexity index is 1210. The highest BCUT2D eigenvalue weighted by Crippen LogP contribution is 2.17. The molecule has 0 bridgehead atoms. The number of carbonyl (C=O) groups excluding carboxylic acids is 3. The monoisotopic (exact) mass is 1010 g/mol. The molecule has 0 rings (SSSR count). The van der Waals surface area contributed by atoms with Crippen LogP contribution in [-0.2, 0) is 28.6 Å². The molecule has 0 radical (unpaired) electrons. The molecule has 0 saturated heterocycles. The third-order valence-electron chi connectivity index (χ3n) is 14.4. The van der Waals surface area contributed by atoms with Gasteiger partial charge in [-0.05, 0) is 57.8 Å².